The molecule has 1 heterocycles. The minimum atomic E-state index is -0.0586. The first-order valence-corrected chi connectivity index (χ1v) is 8.54. The minimum absolute atomic E-state index is 0.0586. The largest absolute Gasteiger partial charge is 0.508 e. The van der Waals surface area contributed by atoms with Crippen molar-refractivity contribution >= 4 is 34.6 Å². The average Bonchev–Trinajstić information content (AvgIpc) is 2.84. The standard InChI is InChI=1S/C19H18N2O2S/c1-3-21-18(23)17(12-14-5-4-6-16(22)11-14)24-19(21)20-15-9-7-13(2)8-10-15/h4-12,22H,3H2,1-2H3/b17-12+,20-19?. The number of amides is 1. The highest BCUT2D eigenvalue weighted by Crippen LogP contribution is 2.34. The topological polar surface area (TPSA) is 52.9 Å². The molecule has 1 aliphatic heterocycles. The van der Waals surface area contributed by atoms with Gasteiger partial charge in [-0.25, -0.2) is 4.99 Å². The number of likely N-dealkylation sites (N-methyl/N-ethyl adjacent to an activating group) is 1. The van der Waals surface area contributed by atoms with Gasteiger partial charge >= 0.3 is 0 Å². The summed E-state index contributed by atoms with van der Waals surface area (Å²) in [6.45, 7) is 4.52. The minimum Gasteiger partial charge on any atom is -0.508 e. The molecular formula is C19H18N2O2S. The molecule has 1 aliphatic rings. The predicted octanol–water partition coefficient (Wildman–Crippen LogP) is 4.32. The molecule has 0 atom stereocenters. The van der Waals surface area contributed by atoms with Crippen molar-refractivity contribution in [3.8, 4) is 5.75 Å². The molecule has 0 aliphatic carbocycles. The summed E-state index contributed by atoms with van der Waals surface area (Å²) < 4.78 is 0. The van der Waals surface area contributed by atoms with Crippen molar-refractivity contribution in [3.05, 3.63) is 64.6 Å². The summed E-state index contributed by atoms with van der Waals surface area (Å²) >= 11 is 1.36. The summed E-state index contributed by atoms with van der Waals surface area (Å²) in [5.41, 5.74) is 2.79. The van der Waals surface area contributed by atoms with Gasteiger partial charge in [0.2, 0.25) is 0 Å². The van der Waals surface area contributed by atoms with Gasteiger partial charge in [0.15, 0.2) is 5.17 Å². The highest BCUT2D eigenvalue weighted by Gasteiger charge is 2.32. The van der Waals surface area contributed by atoms with Gasteiger partial charge in [-0.15, -0.1) is 0 Å². The van der Waals surface area contributed by atoms with E-state index < -0.39 is 0 Å². The van der Waals surface area contributed by atoms with E-state index in [0.717, 1.165) is 11.3 Å². The summed E-state index contributed by atoms with van der Waals surface area (Å²) in [5, 5.41) is 10.2. The second-order valence-corrected chi connectivity index (χ2v) is 6.49. The fraction of sp³-hybridized carbons (Fsp3) is 0.158. The van der Waals surface area contributed by atoms with Crippen LogP contribution in [0.5, 0.6) is 5.75 Å². The van der Waals surface area contributed by atoms with E-state index in [1.807, 2.05) is 44.2 Å². The van der Waals surface area contributed by atoms with Gasteiger partial charge < -0.3 is 5.11 Å². The molecule has 1 fully saturated rings. The lowest BCUT2D eigenvalue weighted by molar-refractivity contribution is -0.122. The van der Waals surface area contributed by atoms with E-state index in [1.54, 1.807) is 29.2 Å². The number of benzene rings is 2. The van der Waals surface area contributed by atoms with Crippen molar-refractivity contribution in [2.45, 2.75) is 13.8 Å². The van der Waals surface area contributed by atoms with Gasteiger partial charge in [0.1, 0.15) is 5.75 Å². The summed E-state index contributed by atoms with van der Waals surface area (Å²) in [6.07, 6.45) is 1.78. The fourth-order valence-corrected chi connectivity index (χ4v) is 3.43. The molecule has 5 heteroatoms. The first-order chi connectivity index (χ1) is 11.6. The van der Waals surface area contributed by atoms with Gasteiger partial charge in [0.25, 0.3) is 5.91 Å². The Morgan fingerprint density at radius 2 is 1.96 bits per heavy atom. The normalized spacial score (nSPS) is 17.9. The lowest BCUT2D eigenvalue weighted by atomic mass is 10.2. The Morgan fingerprint density at radius 3 is 2.62 bits per heavy atom. The molecule has 1 N–H and O–H groups in total. The van der Waals surface area contributed by atoms with Crippen LogP contribution in [0.1, 0.15) is 18.1 Å². The number of thioether (sulfide) groups is 1. The molecule has 1 amide bonds. The molecule has 0 aromatic heterocycles. The van der Waals surface area contributed by atoms with Crippen molar-refractivity contribution in [2.75, 3.05) is 6.54 Å². The van der Waals surface area contributed by atoms with Gasteiger partial charge in [-0.05, 0) is 61.5 Å². The Balaban J connectivity index is 1.92. The van der Waals surface area contributed by atoms with Gasteiger partial charge in [-0.1, -0.05) is 29.8 Å². The lowest BCUT2D eigenvalue weighted by Crippen LogP contribution is -2.28. The first-order valence-electron chi connectivity index (χ1n) is 7.72. The Labute approximate surface area is 145 Å². The third kappa shape index (κ3) is 3.51. The third-order valence-electron chi connectivity index (χ3n) is 3.63. The number of aromatic hydroxyl groups is 1. The number of hydrogen-bond donors (Lipinski definition) is 1. The number of amidine groups is 1. The first kappa shape index (κ1) is 16.3. The number of aryl methyl sites for hydroxylation is 1. The quantitative estimate of drug-likeness (QED) is 0.848. The van der Waals surface area contributed by atoms with E-state index in [4.69, 9.17) is 0 Å². The van der Waals surface area contributed by atoms with Crippen LogP contribution in [0.2, 0.25) is 0 Å². The van der Waals surface area contributed by atoms with Crippen LogP contribution in [0.4, 0.5) is 5.69 Å². The summed E-state index contributed by atoms with van der Waals surface area (Å²) in [5.74, 6) is 0.123. The van der Waals surface area contributed by atoms with Crippen LogP contribution in [0.15, 0.2) is 58.4 Å². The number of aliphatic imine (C=N–C) groups is 1. The molecular weight excluding hydrogens is 320 g/mol. The molecule has 0 spiro atoms. The number of phenols is 1. The maximum absolute atomic E-state index is 12.6. The second-order valence-electron chi connectivity index (χ2n) is 5.48. The molecule has 4 nitrogen and oxygen atoms in total. The number of carbonyl (C=O) groups is 1. The van der Waals surface area contributed by atoms with Gasteiger partial charge in [-0.3, -0.25) is 9.69 Å². The van der Waals surface area contributed by atoms with Crippen LogP contribution in [0, 0.1) is 6.92 Å². The van der Waals surface area contributed by atoms with E-state index in [2.05, 4.69) is 4.99 Å². The SMILES string of the molecule is CCN1C(=O)/C(=C\c2cccc(O)c2)SC1=Nc1ccc(C)cc1. The van der Waals surface area contributed by atoms with E-state index in [-0.39, 0.29) is 11.7 Å². The monoisotopic (exact) mass is 338 g/mol. The molecule has 3 rings (SSSR count). The molecule has 122 valence electrons. The number of phenolic OH excluding ortho intramolecular Hbond substituents is 1. The molecule has 0 unspecified atom stereocenters. The molecule has 0 saturated carbocycles. The maximum atomic E-state index is 12.6. The van der Waals surface area contributed by atoms with Crippen LogP contribution >= 0.6 is 11.8 Å². The predicted molar refractivity (Wildman–Crippen MR) is 99.3 cm³/mol. The summed E-state index contributed by atoms with van der Waals surface area (Å²) in [7, 11) is 0. The van der Waals surface area contributed by atoms with Crippen molar-refractivity contribution in [2.24, 2.45) is 4.99 Å². The highest BCUT2D eigenvalue weighted by atomic mass is 32.2. The zero-order valence-corrected chi connectivity index (χ0v) is 14.4. The number of nitrogens with zero attached hydrogens (tertiary/aromatic N) is 2. The molecule has 2 aromatic carbocycles. The number of rotatable bonds is 3. The molecule has 2 aromatic rings. The average molecular weight is 338 g/mol. The van der Waals surface area contributed by atoms with Gasteiger partial charge in [-0.2, -0.15) is 0 Å². The van der Waals surface area contributed by atoms with Crippen molar-refractivity contribution < 1.29 is 9.90 Å². The van der Waals surface area contributed by atoms with Gasteiger partial charge in [0.05, 0.1) is 10.6 Å². The highest BCUT2D eigenvalue weighted by molar-refractivity contribution is 8.18. The van der Waals surface area contributed by atoms with Crippen LogP contribution in [-0.2, 0) is 4.79 Å². The maximum Gasteiger partial charge on any atom is 0.266 e. The lowest BCUT2D eigenvalue weighted by Gasteiger charge is -2.12. The molecule has 1 saturated heterocycles. The van der Waals surface area contributed by atoms with E-state index in [9.17, 15) is 9.90 Å². The van der Waals surface area contributed by atoms with Crippen molar-refractivity contribution in [1.82, 2.24) is 4.90 Å². The third-order valence-corrected chi connectivity index (χ3v) is 4.64. The van der Waals surface area contributed by atoms with Crippen molar-refractivity contribution in [1.29, 1.82) is 0 Å². The zero-order chi connectivity index (χ0) is 17.1. The Morgan fingerprint density at radius 1 is 1.21 bits per heavy atom. The number of carbonyl (C=O) groups excluding carboxylic acids is 1. The second kappa shape index (κ2) is 6.93. The van der Waals surface area contributed by atoms with Crippen LogP contribution in [-0.4, -0.2) is 27.6 Å². The number of hydrogen-bond acceptors (Lipinski definition) is 4. The zero-order valence-electron chi connectivity index (χ0n) is 13.6. The van der Waals surface area contributed by atoms with Crippen LogP contribution in [0.3, 0.4) is 0 Å². The molecule has 24 heavy (non-hydrogen) atoms. The van der Waals surface area contributed by atoms with Crippen LogP contribution in [0.25, 0.3) is 6.08 Å². The van der Waals surface area contributed by atoms with Crippen molar-refractivity contribution in [3.63, 3.8) is 0 Å². The Hall–Kier alpha value is -2.53. The van der Waals surface area contributed by atoms with Crippen LogP contribution < -0.4 is 0 Å². The van der Waals surface area contributed by atoms with Gasteiger partial charge in [0, 0.05) is 6.54 Å². The summed E-state index contributed by atoms with van der Waals surface area (Å²) in [4.78, 5) is 19.5. The Kier molecular flexibility index (Phi) is 4.71. The molecule has 0 radical (unpaired) electrons. The van der Waals surface area contributed by atoms with E-state index in [1.165, 1.54) is 17.3 Å². The molecule has 0 bridgehead atoms. The van der Waals surface area contributed by atoms with E-state index >= 15 is 0 Å². The fourth-order valence-electron chi connectivity index (χ4n) is 2.37. The Bertz CT molecular complexity index is 826. The smallest absolute Gasteiger partial charge is 0.266 e. The summed E-state index contributed by atoms with van der Waals surface area (Å²) in [6, 6.07) is 14.7. The van der Waals surface area contributed by atoms with E-state index in [0.29, 0.717) is 16.6 Å².